The predicted octanol–water partition coefficient (Wildman–Crippen LogP) is 5.02. The van der Waals surface area contributed by atoms with Crippen LogP contribution in [0, 0.1) is 6.92 Å². The van der Waals surface area contributed by atoms with E-state index in [1.165, 1.54) is 0 Å². The van der Waals surface area contributed by atoms with E-state index in [4.69, 9.17) is 0 Å². The molecular formula is C29H29N3O3S. The number of hydrogen-bond acceptors (Lipinski definition) is 4. The summed E-state index contributed by atoms with van der Waals surface area (Å²) in [5, 5.41) is 0.0323. The van der Waals surface area contributed by atoms with Gasteiger partial charge in [-0.25, -0.2) is 13.4 Å². The first-order valence-corrected chi connectivity index (χ1v) is 13.8. The van der Waals surface area contributed by atoms with Crippen LogP contribution in [0.25, 0.3) is 0 Å². The van der Waals surface area contributed by atoms with E-state index >= 15 is 0 Å². The normalized spacial score (nSPS) is 13.5. The molecule has 184 valence electrons. The molecular weight excluding hydrogens is 470 g/mol. The van der Waals surface area contributed by atoms with Crippen molar-refractivity contribution in [2.75, 3.05) is 0 Å². The van der Waals surface area contributed by atoms with Crippen LogP contribution in [-0.4, -0.2) is 34.8 Å². The summed E-state index contributed by atoms with van der Waals surface area (Å²) in [5.41, 5.74) is 4.10. The van der Waals surface area contributed by atoms with Gasteiger partial charge in [-0.1, -0.05) is 78.4 Å². The van der Waals surface area contributed by atoms with Gasteiger partial charge in [0.2, 0.25) is 15.0 Å². The number of carbonyl (C=O) groups is 1. The molecule has 0 unspecified atom stereocenters. The second kappa shape index (κ2) is 10.1. The van der Waals surface area contributed by atoms with E-state index in [-0.39, 0.29) is 22.9 Å². The van der Waals surface area contributed by atoms with Crippen molar-refractivity contribution in [3.05, 3.63) is 119 Å². The summed E-state index contributed by atoms with van der Waals surface area (Å²) in [5.74, 6) is -0.178. The van der Waals surface area contributed by atoms with Crippen LogP contribution in [0.3, 0.4) is 0 Å². The Labute approximate surface area is 212 Å². The quantitative estimate of drug-likeness (QED) is 0.324. The molecule has 1 saturated carbocycles. The number of nitrogens with zero attached hydrogens (tertiary/aromatic N) is 3. The summed E-state index contributed by atoms with van der Waals surface area (Å²) in [6.07, 6.45) is 3.51. The van der Waals surface area contributed by atoms with E-state index in [1.54, 1.807) is 10.8 Å². The zero-order valence-corrected chi connectivity index (χ0v) is 21.1. The molecule has 36 heavy (non-hydrogen) atoms. The minimum atomic E-state index is -3.72. The van der Waals surface area contributed by atoms with Crippen molar-refractivity contribution in [2.24, 2.45) is 0 Å². The first-order chi connectivity index (χ1) is 17.4. The average molecular weight is 500 g/mol. The summed E-state index contributed by atoms with van der Waals surface area (Å²) in [6, 6.07) is 26.6. The third-order valence-corrected chi connectivity index (χ3v) is 8.04. The minimum Gasteiger partial charge on any atom is -0.330 e. The Kier molecular flexibility index (Phi) is 6.74. The Morgan fingerprint density at radius 2 is 1.56 bits per heavy atom. The minimum absolute atomic E-state index is 0.0323. The summed E-state index contributed by atoms with van der Waals surface area (Å²) in [4.78, 5) is 19.6. The molecule has 1 heterocycles. The van der Waals surface area contributed by atoms with E-state index in [0.29, 0.717) is 24.3 Å². The Hall–Kier alpha value is -3.71. The van der Waals surface area contributed by atoms with Gasteiger partial charge in [0, 0.05) is 11.6 Å². The number of sulfone groups is 1. The molecule has 1 aromatic heterocycles. The largest absolute Gasteiger partial charge is 0.330 e. The third-order valence-electron chi connectivity index (χ3n) is 6.44. The zero-order valence-electron chi connectivity index (χ0n) is 20.2. The monoisotopic (exact) mass is 499 g/mol. The van der Waals surface area contributed by atoms with Crippen molar-refractivity contribution >= 4 is 15.7 Å². The predicted molar refractivity (Wildman–Crippen MR) is 139 cm³/mol. The Morgan fingerprint density at radius 3 is 2.19 bits per heavy atom. The molecule has 0 atom stereocenters. The van der Waals surface area contributed by atoms with Crippen molar-refractivity contribution in [3.63, 3.8) is 0 Å². The van der Waals surface area contributed by atoms with Crippen LogP contribution in [0.15, 0.2) is 96.3 Å². The molecule has 1 aliphatic rings. The van der Waals surface area contributed by atoms with Crippen LogP contribution < -0.4 is 0 Å². The van der Waals surface area contributed by atoms with Gasteiger partial charge in [0.1, 0.15) is 0 Å². The second-order valence-corrected chi connectivity index (χ2v) is 11.3. The van der Waals surface area contributed by atoms with Gasteiger partial charge in [0.15, 0.2) is 0 Å². The van der Waals surface area contributed by atoms with Gasteiger partial charge in [-0.2, -0.15) is 0 Å². The molecule has 0 saturated heterocycles. The maximum atomic E-state index is 13.5. The highest BCUT2D eigenvalue weighted by Crippen LogP contribution is 2.31. The van der Waals surface area contributed by atoms with Crippen molar-refractivity contribution in [3.8, 4) is 0 Å². The number of hydrogen-bond donors (Lipinski definition) is 0. The van der Waals surface area contributed by atoms with Crippen LogP contribution in [0.2, 0.25) is 0 Å². The van der Waals surface area contributed by atoms with E-state index in [0.717, 1.165) is 29.5 Å². The highest BCUT2D eigenvalue weighted by atomic mass is 32.2. The highest BCUT2D eigenvalue weighted by Gasteiger charge is 2.34. The molecule has 0 radical (unpaired) electrons. The third kappa shape index (κ3) is 5.41. The van der Waals surface area contributed by atoms with Gasteiger partial charge >= 0.3 is 0 Å². The van der Waals surface area contributed by atoms with Crippen LogP contribution in [0.4, 0.5) is 0 Å². The molecule has 0 aliphatic heterocycles. The first-order valence-electron chi connectivity index (χ1n) is 12.1. The fraction of sp³-hybridized carbons (Fsp3) is 0.241. The second-order valence-electron chi connectivity index (χ2n) is 9.38. The van der Waals surface area contributed by atoms with Gasteiger partial charge in [-0.15, -0.1) is 0 Å². The maximum Gasteiger partial charge on any atom is 0.254 e. The Balaban J connectivity index is 1.50. The molecule has 6 nitrogen and oxygen atoms in total. The van der Waals surface area contributed by atoms with Crippen molar-refractivity contribution < 1.29 is 13.2 Å². The number of carbonyl (C=O) groups excluding carboxylic acids is 1. The zero-order chi connectivity index (χ0) is 25.1. The van der Waals surface area contributed by atoms with Crippen molar-refractivity contribution in [2.45, 2.75) is 49.8 Å². The number of benzene rings is 3. The first kappa shape index (κ1) is 24.0. The van der Waals surface area contributed by atoms with Gasteiger partial charge in [-0.05, 0) is 43.0 Å². The summed E-state index contributed by atoms with van der Waals surface area (Å²) in [7, 11) is -3.72. The number of aryl methyl sites for hydroxylation is 1. The smallest absolute Gasteiger partial charge is 0.254 e. The topological polar surface area (TPSA) is 72.3 Å². The maximum absolute atomic E-state index is 13.5. The molecule has 3 aromatic carbocycles. The summed E-state index contributed by atoms with van der Waals surface area (Å²) in [6.45, 7) is 2.63. The van der Waals surface area contributed by atoms with Gasteiger partial charge in [-0.3, -0.25) is 4.79 Å². The van der Waals surface area contributed by atoms with E-state index in [1.807, 2.05) is 96.8 Å². The fourth-order valence-electron chi connectivity index (χ4n) is 4.34. The van der Waals surface area contributed by atoms with Gasteiger partial charge in [0.05, 0.1) is 30.7 Å². The lowest BCUT2D eigenvalue weighted by molar-refractivity contribution is 0.0725. The van der Waals surface area contributed by atoms with E-state index in [2.05, 4.69) is 4.98 Å². The molecule has 7 heteroatoms. The van der Waals surface area contributed by atoms with Crippen LogP contribution >= 0.6 is 0 Å². The number of rotatable bonds is 9. The van der Waals surface area contributed by atoms with Crippen LogP contribution in [0.1, 0.15) is 45.6 Å². The highest BCUT2D eigenvalue weighted by molar-refractivity contribution is 7.90. The van der Waals surface area contributed by atoms with Crippen LogP contribution in [-0.2, 0) is 28.7 Å². The molecule has 0 N–H and O–H groups in total. The number of imidazole rings is 1. The molecule has 1 fully saturated rings. The Bertz CT molecular complexity index is 1440. The molecule has 5 rings (SSSR count). The van der Waals surface area contributed by atoms with Crippen molar-refractivity contribution in [1.29, 1.82) is 0 Å². The standard InChI is InChI=1S/C29H29N3O3S/c1-22-12-14-24(15-13-22)21-36(34,35)29-30-18-27(32(29)19-23-8-4-2-5-9-23)20-31(26-16-17-26)28(33)25-10-6-3-7-11-25/h2-15,18,26H,16-17,19-21H2,1H3. The molecule has 4 aromatic rings. The Morgan fingerprint density at radius 1 is 0.917 bits per heavy atom. The number of aromatic nitrogens is 2. The van der Waals surface area contributed by atoms with E-state index < -0.39 is 9.84 Å². The van der Waals surface area contributed by atoms with Gasteiger partial charge < -0.3 is 9.47 Å². The molecule has 0 spiro atoms. The molecule has 1 aliphatic carbocycles. The van der Waals surface area contributed by atoms with Gasteiger partial charge in [0.25, 0.3) is 5.91 Å². The fourth-order valence-corrected chi connectivity index (χ4v) is 5.84. The van der Waals surface area contributed by atoms with E-state index in [9.17, 15) is 13.2 Å². The summed E-state index contributed by atoms with van der Waals surface area (Å²) >= 11 is 0. The lowest BCUT2D eigenvalue weighted by Crippen LogP contribution is -2.33. The summed E-state index contributed by atoms with van der Waals surface area (Å²) < 4.78 is 28.8. The lowest BCUT2D eigenvalue weighted by atomic mass is 10.2. The lowest BCUT2D eigenvalue weighted by Gasteiger charge is -2.23. The average Bonchev–Trinajstić information content (AvgIpc) is 3.65. The number of amides is 1. The van der Waals surface area contributed by atoms with Crippen LogP contribution in [0.5, 0.6) is 0 Å². The molecule has 1 amide bonds. The molecule has 0 bridgehead atoms. The van der Waals surface area contributed by atoms with Crippen molar-refractivity contribution in [1.82, 2.24) is 14.5 Å². The SMILES string of the molecule is Cc1ccc(CS(=O)(=O)c2ncc(CN(C(=O)c3ccccc3)C3CC3)n2Cc2ccccc2)cc1.